The number of urea groups is 1. The second-order valence-electron chi connectivity index (χ2n) is 4.24. The van der Waals surface area contributed by atoms with Crippen molar-refractivity contribution in [3.05, 3.63) is 28.7 Å². The van der Waals surface area contributed by atoms with Crippen LogP contribution in [0.2, 0.25) is 0 Å². The van der Waals surface area contributed by atoms with Gasteiger partial charge in [-0.2, -0.15) is 0 Å². The van der Waals surface area contributed by atoms with E-state index in [1.807, 2.05) is 38.1 Å². The van der Waals surface area contributed by atoms with Crippen molar-refractivity contribution in [2.45, 2.75) is 32.2 Å². The maximum absolute atomic E-state index is 11.9. The fourth-order valence-electron chi connectivity index (χ4n) is 1.66. The molecule has 0 aliphatic carbocycles. The summed E-state index contributed by atoms with van der Waals surface area (Å²) in [6.07, 6.45) is 1.37. The van der Waals surface area contributed by atoms with Gasteiger partial charge in [0.05, 0.1) is 12.1 Å². The number of aliphatic hydroxyl groups is 1. The Labute approximate surface area is 116 Å². The van der Waals surface area contributed by atoms with Crippen molar-refractivity contribution in [3.8, 4) is 0 Å². The van der Waals surface area contributed by atoms with Gasteiger partial charge in [-0.15, -0.1) is 0 Å². The molecule has 0 fully saturated rings. The number of halogens is 1. The zero-order valence-corrected chi connectivity index (χ0v) is 12.3. The summed E-state index contributed by atoms with van der Waals surface area (Å²) in [5.74, 6) is 0. The monoisotopic (exact) mass is 314 g/mol. The predicted molar refractivity (Wildman–Crippen MR) is 76.7 cm³/mol. The van der Waals surface area contributed by atoms with Gasteiger partial charge < -0.3 is 15.7 Å². The Morgan fingerprint density at radius 2 is 2.06 bits per heavy atom. The van der Waals surface area contributed by atoms with Crippen molar-refractivity contribution < 1.29 is 9.90 Å². The maximum Gasteiger partial charge on any atom is 0.319 e. The lowest BCUT2D eigenvalue weighted by Gasteiger charge is -2.30. The van der Waals surface area contributed by atoms with Crippen LogP contribution in [-0.2, 0) is 0 Å². The summed E-state index contributed by atoms with van der Waals surface area (Å²) in [6, 6.07) is 7.06. The van der Waals surface area contributed by atoms with Crippen molar-refractivity contribution in [1.29, 1.82) is 0 Å². The summed E-state index contributed by atoms with van der Waals surface area (Å²) in [4.78, 5) is 11.9. The van der Waals surface area contributed by atoms with Gasteiger partial charge in [0.25, 0.3) is 0 Å². The Kier molecular flexibility index (Phi) is 5.62. The van der Waals surface area contributed by atoms with Crippen molar-refractivity contribution in [1.82, 2.24) is 5.32 Å². The van der Waals surface area contributed by atoms with Crippen molar-refractivity contribution in [2.75, 3.05) is 11.9 Å². The summed E-state index contributed by atoms with van der Waals surface area (Å²) in [7, 11) is 0. The van der Waals surface area contributed by atoms with E-state index in [2.05, 4.69) is 26.6 Å². The zero-order valence-electron chi connectivity index (χ0n) is 10.7. The molecule has 18 heavy (non-hydrogen) atoms. The number of anilines is 1. The maximum atomic E-state index is 11.9. The van der Waals surface area contributed by atoms with Crippen molar-refractivity contribution in [3.63, 3.8) is 0 Å². The van der Waals surface area contributed by atoms with Gasteiger partial charge in [-0.05, 0) is 31.0 Å². The molecule has 4 nitrogen and oxygen atoms in total. The first kappa shape index (κ1) is 15.0. The first-order valence-corrected chi connectivity index (χ1v) is 6.80. The third-order valence-corrected chi connectivity index (χ3v) is 3.61. The average molecular weight is 315 g/mol. The third-order valence-electron chi connectivity index (χ3n) is 3.12. The summed E-state index contributed by atoms with van der Waals surface area (Å²) < 4.78 is 0.903. The Morgan fingerprint density at radius 3 is 2.56 bits per heavy atom. The van der Waals surface area contributed by atoms with Crippen LogP contribution in [0.25, 0.3) is 0 Å². The second kappa shape index (κ2) is 6.75. The zero-order chi connectivity index (χ0) is 13.6. The standard InChI is InChI=1S/C13H19BrN2O2/c1-3-13(4-2,9-17)16-12(18)15-11-7-5-6-10(14)8-11/h5-8,17H,3-4,9H2,1-2H3,(H2,15,16,18). The Hall–Kier alpha value is -1.07. The molecule has 1 aromatic rings. The van der Waals surface area contributed by atoms with E-state index in [-0.39, 0.29) is 12.6 Å². The van der Waals surface area contributed by atoms with Gasteiger partial charge >= 0.3 is 6.03 Å². The van der Waals surface area contributed by atoms with Crippen LogP contribution < -0.4 is 10.6 Å². The molecule has 0 spiro atoms. The van der Waals surface area contributed by atoms with E-state index < -0.39 is 5.54 Å². The highest BCUT2D eigenvalue weighted by atomic mass is 79.9. The molecule has 5 heteroatoms. The molecule has 100 valence electrons. The minimum atomic E-state index is -0.546. The molecule has 0 aliphatic rings. The number of carbonyl (C=O) groups is 1. The number of amides is 2. The average Bonchev–Trinajstić information content (AvgIpc) is 2.36. The van der Waals surface area contributed by atoms with E-state index >= 15 is 0 Å². The quantitative estimate of drug-likeness (QED) is 0.782. The molecule has 0 aromatic heterocycles. The molecule has 0 atom stereocenters. The number of carbonyl (C=O) groups excluding carboxylic acids is 1. The summed E-state index contributed by atoms with van der Waals surface area (Å²) >= 11 is 3.34. The van der Waals surface area contributed by atoms with Crippen LogP contribution in [0.15, 0.2) is 28.7 Å². The molecule has 3 N–H and O–H groups in total. The van der Waals surface area contributed by atoms with Crippen molar-refractivity contribution >= 4 is 27.6 Å². The van der Waals surface area contributed by atoms with E-state index in [0.717, 1.165) is 4.47 Å². The third kappa shape index (κ3) is 3.99. The molecule has 1 rings (SSSR count). The fraction of sp³-hybridized carbons (Fsp3) is 0.462. The molecule has 0 aliphatic heterocycles. The Bertz CT molecular complexity index is 397. The number of hydrogen-bond donors (Lipinski definition) is 3. The van der Waals surface area contributed by atoms with Crippen molar-refractivity contribution in [2.24, 2.45) is 0 Å². The Morgan fingerprint density at radius 1 is 1.39 bits per heavy atom. The van der Waals surface area contributed by atoms with Gasteiger partial charge in [0.2, 0.25) is 0 Å². The fourth-order valence-corrected chi connectivity index (χ4v) is 2.06. The molecular weight excluding hydrogens is 296 g/mol. The highest BCUT2D eigenvalue weighted by Crippen LogP contribution is 2.17. The van der Waals surface area contributed by atoms with Gasteiger partial charge in [0, 0.05) is 10.2 Å². The van der Waals surface area contributed by atoms with Crippen LogP contribution in [0, 0.1) is 0 Å². The van der Waals surface area contributed by atoms with E-state index in [4.69, 9.17) is 0 Å². The van der Waals surface area contributed by atoms with Crippen LogP contribution in [-0.4, -0.2) is 23.3 Å². The van der Waals surface area contributed by atoms with Gasteiger partial charge in [-0.3, -0.25) is 0 Å². The minimum Gasteiger partial charge on any atom is -0.394 e. The number of benzene rings is 1. The number of nitrogens with one attached hydrogen (secondary N) is 2. The Balaban J connectivity index is 2.66. The lowest BCUT2D eigenvalue weighted by Crippen LogP contribution is -2.51. The van der Waals surface area contributed by atoms with Crippen LogP contribution >= 0.6 is 15.9 Å². The van der Waals surface area contributed by atoms with E-state index in [0.29, 0.717) is 18.5 Å². The van der Waals surface area contributed by atoms with Gasteiger partial charge in [0.15, 0.2) is 0 Å². The van der Waals surface area contributed by atoms with Crippen LogP contribution in [0.4, 0.5) is 10.5 Å². The number of aliphatic hydroxyl groups excluding tert-OH is 1. The molecule has 0 radical (unpaired) electrons. The topological polar surface area (TPSA) is 61.4 Å². The molecule has 0 saturated carbocycles. The molecular formula is C13H19BrN2O2. The summed E-state index contributed by atoms with van der Waals surface area (Å²) in [5.41, 5.74) is 0.164. The first-order valence-electron chi connectivity index (χ1n) is 6.01. The normalized spacial score (nSPS) is 11.1. The van der Waals surface area contributed by atoms with E-state index in [9.17, 15) is 9.90 Å². The smallest absolute Gasteiger partial charge is 0.319 e. The summed E-state index contributed by atoms with van der Waals surface area (Å²) in [5, 5.41) is 15.0. The van der Waals surface area contributed by atoms with E-state index in [1.54, 1.807) is 0 Å². The lowest BCUT2D eigenvalue weighted by atomic mass is 9.94. The van der Waals surface area contributed by atoms with Crippen LogP contribution in [0.1, 0.15) is 26.7 Å². The molecule has 0 saturated heterocycles. The first-order chi connectivity index (χ1) is 8.55. The van der Waals surface area contributed by atoms with Gasteiger partial charge in [0.1, 0.15) is 0 Å². The SMILES string of the molecule is CCC(CC)(CO)NC(=O)Nc1cccc(Br)c1. The number of rotatable bonds is 5. The van der Waals surface area contributed by atoms with Gasteiger partial charge in [-0.25, -0.2) is 4.79 Å². The molecule has 0 bridgehead atoms. The highest BCUT2D eigenvalue weighted by molar-refractivity contribution is 9.10. The lowest BCUT2D eigenvalue weighted by molar-refractivity contribution is 0.155. The minimum absolute atomic E-state index is 0.0636. The molecule has 0 unspecified atom stereocenters. The van der Waals surface area contributed by atoms with Crippen LogP contribution in [0.3, 0.4) is 0 Å². The second-order valence-corrected chi connectivity index (χ2v) is 5.15. The molecule has 2 amide bonds. The number of hydrogen-bond acceptors (Lipinski definition) is 2. The molecule has 1 aromatic carbocycles. The molecule has 0 heterocycles. The van der Waals surface area contributed by atoms with Gasteiger partial charge in [-0.1, -0.05) is 35.8 Å². The largest absolute Gasteiger partial charge is 0.394 e. The predicted octanol–water partition coefficient (Wildman–Crippen LogP) is 3.12. The van der Waals surface area contributed by atoms with E-state index in [1.165, 1.54) is 0 Å². The summed E-state index contributed by atoms with van der Waals surface area (Å²) in [6.45, 7) is 3.82. The van der Waals surface area contributed by atoms with Crippen LogP contribution in [0.5, 0.6) is 0 Å². The highest BCUT2D eigenvalue weighted by Gasteiger charge is 2.27.